The summed E-state index contributed by atoms with van der Waals surface area (Å²) in [5, 5.41) is 2.49. The minimum Gasteiger partial charge on any atom is -0.494 e. The molecule has 0 aliphatic rings. The molecule has 2 aromatic rings. The molecule has 0 bridgehead atoms. The van der Waals surface area contributed by atoms with Crippen molar-refractivity contribution in [3.63, 3.8) is 0 Å². The molecule has 0 aliphatic carbocycles. The molecule has 3 nitrogen and oxygen atoms in total. The van der Waals surface area contributed by atoms with Crippen LogP contribution in [0, 0.1) is 5.82 Å². The lowest BCUT2D eigenvalue weighted by molar-refractivity contribution is -0.111. The van der Waals surface area contributed by atoms with E-state index in [0.717, 1.165) is 11.3 Å². The molecule has 0 unspecified atom stereocenters. The zero-order valence-corrected chi connectivity index (χ0v) is 13.6. The van der Waals surface area contributed by atoms with Gasteiger partial charge in [0.15, 0.2) is 0 Å². The SMILES string of the molecule is CCOc1ccc(/C=C/C(=O)Nc2ccc(Br)cc2F)cc1. The summed E-state index contributed by atoms with van der Waals surface area (Å²) in [6.07, 6.45) is 3.01. The zero-order valence-electron chi connectivity index (χ0n) is 12.0. The fourth-order valence-electron chi connectivity index (χ4n) is 1.78. The predicted octanol–water partition coefficient (Wildman–Crippen LogP) is 4.64. The Labute approximate surface area is 136 Å². The van der Waals surface area contributed by atoms with Crippen LogP contribution in [0.15, 0.2) is 53.0 Å². The summed E-state index contributed by atoms with van der Waals surface area (Å²) in [5.74, 6) is -0.103. The average molecular weight is 364 g/mol. The van der Waals surface area contributed by atoms with Crippen LogP contribution in [0.1, 0.15) is 12.5 Å². The Morgan fingerprint density at radius 3 is 2.64 bits per heavy atom. The second-order valence-electron chi connectivity index (χ2n) is 4.45. The van der Waals surface area contributed by atoms with Crippen molar-refractivity contribution >= 4 is 33.6 Å². The quantitative estimate of drug-likeness (QED) is 0.785. The second-order valence-corrected chi connectivity index (χ2v) is 5.36. The Morgan fingerprint density at radius 2 is 2.00 bits per heavy atom. The molecule has 0 spiro atoms. The highest BCUT2D eigenvalue weighted by Crippen LogP contribution is 2.19. The molecule has 2 rings (SSSR count). The third-order valence-corrected chi connectivity index (χ3v) is 3.30. The Morgan fingerprint density at radius 1 is 1.27 bits per heavy atom. The first-order valence-corrected chi connectivity index (χ1v) is 7.55. The van der Waals surface area contributed by atoms with E-state index >= 15 is 0 Å². The number of hydrogen-bond acceptors (Lipinski definition) is 2. The molecule has 1 amide bonds. The van der Waals surface area contributed by atoms with Crippen molar-refractivity contribution in [2.75, 3.05) is 11.9 Å². The molecular formula is C17H15BrFNO2. The number of nitrogens with one attached hydrogen (secondary N) is 1. The predicted molar refractivity (Wildman–Crippen MR) is 89.4 cm³/mol. The summed E-state index contributed by atoms with van der Waals surface area (Å²) in [6.45, 7) is 2.52. The lowest BCUT2D eigenvalue weighted by atomic mass is 10.2. The number of amides is 1. The van der Waals surface area contributed by atoms with Gasteiger partial charge in [-0.15, -0.1) is 0 Å². The van der Waals surface area contributed by atoms with Crippen molar-refractivity contribution in [3.05, 3.63) is 64.4 Å². The summed E-state index contributed by atoms with van der Waals surface area (Å²) in [7, 11) is 0. The van der Waals surface area contributed by atoms with E-state index in [4.69, 9.17) is 4.74 Å². The summed E-state index contributed by atoms with van der Waals surface area (Å²) in [5.41, 5.74) is 0.999. The van der Waals surface area contributed by atoms with Crippen molar-refractivity contribution in [2.24, 2.45) is 0 Å². The third-order valence-electron chi connectivity index (χ3n) is 2.81. The maximum atomic E-state index is 13.6. The topological polar surface area (TPSA) is 38.3 Å². The number of benzene rings is 2. The van der Waals surface area contributed by atoms with Crippen LogP contribution in [0.25, 0.3) is 6.08 Å². The number of rotatable bonds is 5. The standard InChI is InChI=1S/C17H15BrFNO2/c1-2-22-14-7-3-12(4-8-14)5-10-17(21)20-16-9-6-13(18)11-15(16)19/h3-11H,2H2,1H3,(H,20,21)/b10-5+. The fourth-order valence-corrected chi connectivity index (χ4v) is 2.11. The Hall–Kier alpha value is -2.14. The van der Waals surface area contributed by atoms with E-state index in [9.17, 15) is 9.18 Å². The van der Waals surface area contributed by atoms with Gasteiger partial charge in [-0.3, -0.25) is 4.79 Å². The maximum Gasteiger partial charge on any atom is 0.248 e. The van der Waals surface area contributed by atoms with Gasteiger partial charge in [0.05, 0.1) is 12.3 Å². The minimum atomic E-state index is -0.489. The van der Waals surface area contributed by atoms with Gasteiger partial charge in [-0.25, -0.2) is 4.39 Å². The number of anilines is 1. The minimum absolute atomic E-state index is 0.143. The van der Waals surface area contributed by atoms with Crippen LogP contribution < -0.4 is 10.1 Å². The lowest BCUT2D eigenvalue weighted by Crippen LogP contribution is -2.09. The first-order chi connectivity index (χ1) is 10.6. The van der Waals surface area contributed by atoms with E-state index in [-0.39, 0.29) is 5.69 Å². The van der Waals surface area contributed by atoms with Gasteiger partial charge >= 0.3 is 0 Å². The molecule has 0 aliphatic heterocycles. The van der Waals surface area contributed by atoms with Crippen LogP contribution in [0.4, 0.5) is 10.1 Å². The Kier molecular flexibility index (Phi) is 5.72. The second kappa shape index (κ2) is 7.75. The maximum absolute atomic E-state index is 13.6. The molecule has 1 N–H and O–H groups in total. The normalized spacial score (nSPS) is 10.7. The van der Waals surface area contributed by atoms with Gasteiger partial charge in [0, 0.05) is 10.5 Å². The number of ether oxygens (including phenoxy) is 1. The third kappa shape index (κ3) is 4.70. The number of hydrogen-bond donors (Lipinski definition) is 1. The fraction of sp³-hybridized carbons (Fsp3) is 0.118. The summed E-state index contributed by atoms with van der Waals surface area (Å²) >= 11 is 3.16. The molecule has 0 radical (unpaired) electrons. The molecule has 0 heterocycles. The van der Waals surface area contributed by atoms with Gasteiger partial charge in [-0.05, 0) is 48.9 Å². The van der Waals surface area contributed by atoms with Crippen LogP contribution in [0.5, 0.6) is 5.75 Å². The van der Waals surface area contributed by atoms with Gasteiger partial charge in [-0.2, -0.15) is 0 Å². The van der Waals surface area contributed by atoms with Crippen molar-refractivity contribution in [1.29, 1.82) is 0 Å². The molecule has 22 heavy (non-hydrogen) atoms. The first kappa shape index (κ1) is 16.2. The molecule has 0 saturated carbocycles. The van der Waals surface area contributed by atoms with E-state index in [1.807, 2.05) is 31.2 Å². The molecule has 2 aromatic carbocycles. The highest BCUT2D eigenvalue weighted by atomic mass is 79.9. The zero-order chi connectivity index (χ0) is 15.9. The Balaban J connectivity index is 1.98. The van der Waals surface area contributed by atoms with E-state index in [1.54, 1.807) is 12.1 Å². The van der Waals surface area contributed by atoms with Crippen molar-refractivity contribution in [3.8, 4) is 5.75 Å². The molecule has 0 aromatic heterocycles. The summed E-state index contributed by atoms with van der Waals surface area (Å²) in [6, 6.07) is 11.8. The van der Waals surface area contributed by atoms with Gasteiger partial charge in [0.1, 0.15) is 11.6 Å². The van der Waals surface area contributed by atoms with Crippen LogP contribution in [-0.2, 0) is 4.79 Å². The summed E-state index contributed by atoms with van der Waals surface area (Å²) < 4.78 is 19.6. The van der Waals surface area contributed by atoms with E-state index in [1.165, 1.54) is 18.2 Å². The molecule has 114 valence electrons. The molecule has 0 fully saturated rings. The van der Waals surface area contributed by atoms with E-state index in [0.29, 0.717) is 11.1 Å². The Bertz CT molecular complexity index is 684. The van der Waals surface area contributed by atoms with E-state index < -0.39 is 11.7 Å². The van der Waals surface area contributed by atoms with Crippen molar-refractivity contribution < 1.29 is 13.9 Å². The average Bonchev–Trinajstić information content (AvgIpc) is 2.50. The monoisotopic (exact) mass is 363 g/mol. The first-order valence-electron chi connectivity index (χ1n) is 6.75. The number of carbonyl (C=O) groups is 1. The van der Waals surface area contributed by atoms with E-state index in [2.05, 4.69) is 21.2 Å². The lowest BCUT2D eigenvalue weighted by Gasteiger charge is -2.04. The highest BCUT2D eigenvalue weighted by Gasteiger charge is 2.04. The smallest absolute Gasteiger partial charge is 0.248 e. The van der Waals surface area contributed by atoms with Crippen LogP contribution >= 0.6 is 15.9 Å². The molecular weight excluding hydrogens is 349 g/mol. The van der Waals surface area contributed by atoms with Crippen LogP contribution in [-0.4, -0.2) is 12.5 Å². The number of halogens is 2. The van der Waals surface area contributed by atoms with Gasteiger partial charge in [0.25, 0.3) is 0 Å². The molecule has 5 heteroatoms. The number of carbonyl (C=O) groups excluding carboxylic acids is 1. The molecule has 0 atom stereocenters. The van der Waals surface area contributed by atoms with Crippen LogP contribution in [0.3, 0.4) is 0 Å². The summed E-state index contributed by atoms with van der Waals surface area (Å²) in [4.78, 5) is 11.8. The van der Waals surface area contributed by atoms with Gasteiger partial charge < -0.3 is 10.1 Å². The highest BCUT2D eigenvalue weighted by molar-refractivity contribution is 9.10. The van der Waals surface area contributed by atoms with Crippen molar-refractivity contribution in [2.45, 2.75) is 6.92 Å². The largest absolute Gasteiger partial charge is 0.494 e. The van der Waals surface area contributed by atoms with Gasteiger partial charge in [-0.1, -0.05) is 28.1 Å². The van der Waals surface area contributed by atoms with Crippen LogP contribution in [0.2, 0.25) is 0 Å². The van der Waals surface area contributed by atoms with Gasteiger partial charge in [0.2, 0.25) is 5.91 Å². The van der Waals surface area contributed by atoms with Crippen molar-refractivity contribution in [1.82, 2.24) is 0 Å². The molecule has 0 saturated heterocycles.